The van der Waals surface area contributed by atoms with Gasteiger partial charge in [-0.1, -0.05) is 42.5 Å². The van der Waals surface area contributed by atoms with Crippen molar-refractivity contribution in [3.63, 3.8) is 0 Å². The van der Waals surface area contributed by atoms with E-state index in [1.807, 2.05) is 0 Å². The van der Waals surface area contributed by atoms with Crippen molar-refractivity contribution in [3.05, 3.63) is 48.0 Å². The van der Waals surface area contributed by atoms with Crippen LogP contribution in [-0.4, -0.2) is 30.8 Å². The lowest BCUT2D eigenvalue weighted by Gasteiger charge is -2.16. The normalized spacial score (nSPS) is 11.3. The minimum absolute atomic E-state index is 0.971. The summed E-state index contributed by atoms with van der Waals surface area (Å²) in [6.07, 6.45) is 2.28. The van der Waals surface area contributed by atoms with Crippen molar-refractivity contribution >= 4 is 23.4 Å². The van der Waals surface area contributed by atoms with Gasteiger partial charge in [0, 0.05) is 6.54 Å². The lowest BCUT2D eigenvalue weighted by molar-refractivity contribution is 0.340. The predicted octanol–water partition coefficient (Wildman–Crippen LogP) is 3.63. The summed E-state index contributed by atoms with van der Waals surface area (Å²) in [7, 11) is 2.19. The Morgan fingerprint density at radius 3 is 2.61 bits per heavy atom. The van der Waals surface area contributed by atoms with E-state index >= 15 is 0 Å². The molecule has 96 valence electrons. The first kappa shape index (κ1) is 13.4. The summed E-state index contributed by atoms with van der Waals surface area (Å²) in [6, 6.07) is 15.2. The number of hydrogen-bond acceptors (Lipinski definition) is 2. The number of nitrogens with zero attached hydrogens (tertiary/aromatic N) is 1. The Morgan fingerprint density at radius 2 is 1.78 bits per heavy atom. The van der Waals surface area contributed by atoms with Crippen LogP contribution < -0.4 is 0 Å². The maximum absolute atomic E-state index is 4.25. The molecule has 0 aliphatic heterocycles. The molecule has 0 saturated heterocycles. The quantitative estimate of drug-likeness (QED) is 0.775. The molecule has 2 aromatic rings. The smallest absolute Gasteiger partial charge is 0.00190 e. The molecule has 1 nitrogen and oxygen atoms in total. The summed E-state index contributed by atoms with van der Waals surface area (Å²) in [4.78, 5) is 2.39. The average molecular weight is 259 g/mol. The second-order valence-corrected chi connectivity index (χ2v) is 5.22. The Morgan fingerprint density at radius 1 is 1.00 bits per heavy atom. The third-order valence-electron chi connectivity index (χ3n) is 3.34. The lowest BCUT2D eigenvalue weighted by atomic mass is 10.0. The van der Waals surface area contributed by atoms with Gasteiger partial charge in [-0.05, 0) is 48.5 Å². The Bertz CT molecular complexity index is 490. The number of thiol groups is 1. The van der Waals surface area contributed by atoms with Gasteiger partial charge in [-0.25, -0.2) is 0 Å². The third-order valence-corrected chi connectivity index (χ3v) is 3.66. The topological polar surface area (TPSA) is 3.24 Å². The average Bonchev–Trinajstić information content (AvgIpc) is 2.42. The predicted molar refractivity (Wildman–Crippen MR) is 83.6 cm³/mol. The van der Waals surface area contributed by atoms with Crippen LogP contribution in [0.2, 0.25) is 0 Å². The molecule has 0 aliphatic carbocycles. The SMILES string of the molecule is CN(CCCS)CCc1cccc2ccccc12. The first-order valence-electron chi connectivity index (χ1n) is 6.57. The van der Waals surface area contributed by atoms with E-state index in [0.29, 0.717) is 0 Å². The van der Waals surface area contributed by atoms with Crippen LogP contribution in [-0.2, 0) is 6.42 Å². The van der Waals surface area contributed by atoms with Crippen LogP contribution in [0.1, 0.15) is 12.0 Å². The van der Waals surface area contributed by atoms with Crippen molar-refractivity contribution in [1.82, 2.24) is 4.90 Å². The molecule has 0 radical (unpaired) electrons. The van der Waals surface area contributed by atoms with Gasteiger partial charge >= 0.3 is 0 Å². The Kier molecular flexibility index (Phi) is 5.09. The fraction of sp³-hybridized carbons (Fsp3) is 0.375. The van der Waals surface area contributed by atoms with Crippen LogP contribution in [0.25, 0.3) is 10.8 Å². The van der Waals surface area contributed by atoms with Crippen molar-refractivity contribution in [3.8, 4) is 0 Å². The number of fused-ring (bicyclic) bond motifs is 1. The van der Waals surface area contributed by atoms with Crippen LogP contribution >= 0.6 is 12.6 Å². The van der Waals surface area contributed by atoms with E-state index < -0.39 is 0 Å². The molecule has 0 unspecified atom stereocenters. The van der Waals surface area contributed by atoms with Crippen molar-refractivity contribution in [2.24, 2.45) is 0 Å². The molecule has 2 rings (SSSR count). The first-order valence-corrected chi connectivity index (χ1v) is 7.20. The summed E-state index contributed by atoms with van der Waals surface area (Å²) in [5, 5.41) is 2.73. The minimum atomic E-state index is 0.971. The fourth-order valence-electron chi connectivity index (χ4n) is 2.27. The van der Waals surface area contributed by atoms with Crippen molar-refractivity contribution in [2.75, 3.05) is 25.9 Å². The van der Waals surface area contributed by atoms with E-state index in [2.05, 4.69) is 67.0 Å². The van der Waals surface area contributed by atoms with Crippen molar-refractivity contribution in [1.29, 1.82) is 0 Å². The zero-order valence-corrected chi connectivity index (χ0v) is 11.9. The van der Waals surface area contributed by atoms with E-state index in [-0.39, 0.29) is 0 Å². The van der Waals surface area contributed by atoms with Gasteiger partial charge in [0.05, 0.1) is 0 Å². The maximum Gasteiger partial charge on any atom is 0.00190 e. The van der Waals surface area contributed by atoms with Crippen LogP contribution in [0.15, 0.2) is 42.5 Å². The maximum atomic E-state index is 4.25. The van der Waals surface area contributed by atoms with Crippen LogP contribution in [0.5, 0.6) is 0 Å². The largest absolute Gasteiger partial charge is 0.306 e. The Balaban J connectivity index is 2.03. The van der Waals surface area contributed by atoms with Gasteiger partial charge in [-0.2, -0.15) is 12.6 Å². The zero-order chi connectivity index (χ0) is 12.8. The summed E-state index contributed by atoms with van der Waals surface area (Å²) in [6.45, 7) is 2.25. The Hall–Kier alpha value is -0.990. The highest BCUT2D eigenvalue weighted by atomic mass is 32.1. The number of benzene rings is 2. The molecule has 0 N–H and O–H groups in total. The van der Waals surface area contributed by atoms with Gasteiger partial charge in [-0.3, -0.25) is 0 Å². The van der Waals surface area contributed by atoms with E-state index in [9.17, 15) is 0 Å². The lowest BCUT2D eigenvalue weighted by Crippen LogP contribution is -2.22. The molecule has 0 aromatic heterocycles. The van der Waals surface area contributed by atoms with Gasteiger partial charge in [0.25, 0.3) is 0 Å². The molecule has 0 spiro atoms. The summed E-state index contributed by atoms with van der Waals surface area (Å²) in [5.74, 6) is 0.971. The highest BCUT2D eigenvalue weighted by Crippen LogP contribution is 2.18. The van der Waals surface area contributed by atoms with Gasteiger partial charge in [0.15, 0.2) is 0 Å². The second kappa shape index (κ2) is 6.81. The highest BCUT2D eigenvalue weighted by Gasteiger charge is 2.02. The summed E-state index contributed by atoms with van der Waals surface area (Å²) >= 11 is 4.25. The van der Waals surface area contributed by atoms with Gasteiger partial charge in [0.1, 0.15) is 0 Å². The molecule has 0 bridgehead atoms. The zero-order valence-electron chi connectivity index (χ0n) is 11.0. The van der Waals surface area contributed by atoms with Gasteiger partial charge < -0.3 is 4.90 Å². The number of rotatable bonds is 6. The first-order chi connectivity index (χ1) is 8.81. The van der Waals surface area contributed by atoms with E-state index in [0.717, 1.165) is 31.7 Å². The molecule has 2 heteroatoms. The molecular formula is C16H21NS. The molecular weight excluding hydrogens is 238 g/mol. The van der Waals surface area contributed by atoms with Gasteiger partial charge in [0.2, 0.25) is 0 Å². The fourth-order valence-corrected chi connectivity index (χ4v) is 2.42. The molecule has 0 aliphatic rings. The van der Waals surface area contributed by atoms with E-state index in [1.165, 1.54) is 16.3 Å². The molecule has 2 aromatic carbocycles. The minimum Gasteiger partial charge on any atom is -0.306 e. The van der Waals surface area contributed by atoms with E-state index in [4.69, 9.17) is 0 Å². The molecule has 0 amide bonds. The standard InChI is InChI=1S/C16H21NS/c1-17(11-5-13-18)12-10-15-8-4-7-14-6-2-3-9-16(14)15/h2-4,6-9,18H,5,10-13H2,1H3. The summed E-state index contributed by atoms with van der Waals surface area (Å²) < 4.78 is 0. The Labute approximate surface area is 115 Å². The molecule has 18 heavy (non-hydrogen) atoms. The third kappa shape index (κ3) is 3.50. The number of likely N-dealkylation sites (N-methyl/N-ethyl adjacent to an activating group) is 1. The second-order valence-electron chi connectivity index (χ2n) is 4.77. The highest BCUT2D eigenvalue weighted by molar-refractivity contribution is 7.80. The van der Waals surface area contributed by atoms with Crippen LogP contribution in [0.3, 0.4) is 0 Å². The van der Waals surface area contributed by atoms with Crippen molar-refractivity contribution in [2.45, 2.75) is 12.8 Å². The van der Waals surface area contributed by atoms with E-state index in [1.54, 1.807) is 0 Å². The molecule has 0 heterocycles. The molecule has 0 saturated carbocycles. The van der Waals surface area contributed by atoms with Crippen molar-refractivity contribution < 1.29 is 0 Å². The van der Waals surface area contributed by atoms with Gasteiger partial charge in [-0.15, -0.1) is 0 Å². The molecule has 0 fully saturated rings. The monoisotopic (exact) mass is 259 g/mol. The van der Waals surface area contributed by atoms with Crippen LogP contribution in [0.4, 0.5) is 0 Å². The van der Waals surface area contributed by atoms with Crippen LogP contribution in [0, 0.1) is 0 Å². The molecule has 0 atom stereocenters. The number of hydrogen-bond donors (Lipinski definition) is 1. The summed E-state index contributed by atoms with van der Waals surface area (Å²) in [5.41, 5.74) is 1.45.